The Balaban J connectivity index is 1.58. The van der Waals surface area contributed by atoms with Gasteiger partial charge in [-0.3, -0.25) is 19.5 Å². The molecule has 0 aliphatic heterocycles. The van der Waals surface area contributed by atoms with Gasteiger partial charge in [-0.2, -0.15) is 0 Å². The molecule has 0 N–H and O–H groups in total. The lowest BCUT2D eigenvalue weighted by atomic mass is 10.1. The molecule has 0 saturated carbocycles. The first-order chi connectivity index (χ1) is 17.4. The molecule has 0 aliphatic rings. The average Bonchev–Trinajstić information content (AvgIpc) is 3.28. The quantitative estimate of drug-likeness (QED) is 0.227. The fraction of sp³-hybridized carbons (Fsp3) is 0.0385. The fourth-order valence-corrected chi connectivity index (χ4v) is 4.58. The third-order valence-electron chi connectivity index (χ3n) is 5.47. The van der Waals surface area contributed by atoms with Crippen LogP contribution in [-0.4, -0.2) is 24.0 Å². The number of nitrogens with zero attached hydrogens (tertiary/aromatic N) is 5. The summed E-state index contributed by atoms with van der Waals surface area (Å²) < 4.78 is 16.7. The van der Waals surface area contributed by atoms with Gasteiger partial charge < -0.3 is 4.57 Å². The molecule has 0 radical (unpaired) electrons. The summed E-state index contributed by atoms with van der Waals surface area (Å²) in [6.45, 7) is 0. The van der Waals surface area contributed by atoms with Crippen molar-refractivity contribution >= 4 is 40.5 Å². The van der Waals surface area contributed by atoms with Crippen molar-refractivity contribution in [2.24, 2.45) is 7.05 Å². The molecular weight excluding hydrogens is 481 g/mol. The number of nitro benzene ring substituents is 1. The van der Waals surface area contributed by atoms with Crippen molar-refractivity contribution in [1.82, 2.24) is 19.1 Å². The Bertz CT molecular complexity index is 1690. The molecule has 3 aromatic carbocycles. The van der Waals surface area contributed by atoms with Crippen LogP contribution in [0.25, 0.3) is 28.7 Å². The van der Waals surface area contributed by atoms with Gasteiger partial charge in [0.2, 0.25) is 0 Å². The number of hydrogen-bond donors (Lipinski definition) is 0. The lowest BCUT2D eigenvalue weighted by molar-refractivity contribution is -0.387. The molecule has 0 aliphatic carbocycles. The van der Waals surface area contributed by atoms with E-state index < -0.39 is 10.7 Å². The fourth-order valence-electron chi connectivity index (χ4n) is 3.69. The summed E-state index contributed by atoms with van der Waals surface area (Å²) >= 11 is 1.20. The summed E-state index contributed by atoms with van der Waals surface area (Å²) in [4.78, 5) is 33.9. The van der Waals surface area contributed by atoms with Gasteiger partial charge >= 0.3 is 0 Å². The van der Waals surface area contributed by atoms with E-state index in [1.807, 2.05) is 7.05 Å². The minimum absolute atomic E-state index is 0.0625. The van der Waals surface area contributed by atoms with Gasteiger partial charge in [0.15, 0.2) is 5.16 Å². The van der Waals surface area contributed by atoms with E-state index in [-0.39, 0.29) is 11.2 Å². The van der Waals surface area contributed by atoms with Crippen LogP contribution in [0, 0.1) is 15.9 Å². The van der Waals surface area contributed by atoms with E-state index in [0.717, 1.165) is 0 Å². The molecule has 0 saturated heterocycles. The van der Waals surface area contributed by atoms with Crippen molar-refractivity contribution in [1.29, 1.82) is 0 Å². The molecule has 0 atom stereocenters. The number of benzene rings is 3. The minimum atomic E-state index is -0.439. The molecule has 0 bridgehead atoms. The number of para-hydroxylation sites is 1. The number of halogens is 1. The van der Waals surface area contributed by atoms with Crippen molar-refractivity contribution in [3.05, 3.63) is 117 Å². The summed E-state index contributed by atoms with van der Waals surface area (Å²) in [5.41, 5.74) is 1.14. The topological polar surface area (TPSA) is 95.8 Å². The molecule has 2 heterocycles. The first-order valence-corrected chi connectivity index (χ1v) is 11.6. The Morgan fingerprint density at radius 2 is 1.83 bits per heavy atom. The number of rotatable bonds is 6. The molecule has 2 aromatic heterocycles. The van der Waals surface area contributed by atoms with Gasteiger partial charge in [-0.15, -0.1) is 0 Å². The Kier molecular flexibility index (Phi) is 6.17. The Labute approximate surface area is 208 Å². The average molecular weight is 500 g/mol. The molecule has 0 amide bonds. The second-order valence-corrected chi connectivity index (χ2v) is 8.85. The van der Waals surface area contributed by atoms with Gasteiger partial charge in [0.05, 0.1) is 26.4 Å². The van der Waals surface area contributed by atoms with Crippen LogP contribution in [0.5, 0.6) is 0 Å². The normalized spacial score (nSPS) is 11.4. The second-order valence-electron chi connectivity index (χ2n) is 7.84. The molecule has 10 heteroatoms. The molecule has 0 spiro atoms. The van der Waals surface area contributed by atoms with Crippen LogP contribution in [0.1, 0.15) is 11.4 Å². The molecule has 0 fully saturated rings. The van der Waals surface area contributed by atoms with Crippen LogP contribution >= 0.6 is 11.8 Å². The molecule has 8 nitrogen and oxygen atoms in total. The van der Waals surface area contributed by atoms with Crippen molar-refractivity contribution < 1.29 is 9.31 Å². The lowest BCUT2D eigenvalue weighted by Crippen LogP contribution is -2.22. The number of nitro groups is 1. The van der Waals surface area contributed by atoms with Crippen molar-refractivity contribution in [2.45, 2.75) is 10.1 Å². The first-order valence-electron chi connectivity index (χ1n) is 10.8. The maximum absolute atomic E-state index is 13.5. The van der Waals surface area contributed by atoms with Gasteiger partial charge in [0.25, 0.3) is 11.2 Å². The number of hydrogen-bond acceptors (Lipinski definition) is 6. The van der Waals surface area contributed by atoms with Crippen LogP contribution in [0.4, 0.5) is 10.1 Å². The van der Waals surface area contributed by atoms with Crippen molar-refractivity contribution in [3.8, 4) is 5.69 Å². The first kappa shape index (κ1) is 23.2. The zero-order valence-electron chi connectivity index (χ0n) is 18.9. The summed E-state index contributed by atoms with van der Waals surface area (Å²) in [5.74, 6) is -0.118. The summed E-state index contributed by atoms with van der Waals surface area (Å²) in [6.07, 6.45) is 6.66. The van der Waals surface area contributed by atoms with Gasteiger partial charge in [-0.05, 0) is 65.9 Å². The standard InChI is InChI=1S/C26H18FN5O3S/c1-30-15-14-28-26(30)36-23-12-6-17(16-22(23)32(34)35)7-13-24-29-21-5-3-2-4-20(21)25(33)31(24)19-10-8-18(27)9-11-19/h2-16H,1H3/b13-7+. The molecule has 5 rings (SSSR count). The number of aryl methyl sites for hydroxylation is 1. The Morgan fingerprint density at radius 3 is 2.56 bits per heavy atom. The van der Waals surface area contributed by atoms with E-state index in [1.165, 1.54) is 46.7 Å². The molecular formula is C26H18FN5O3S. The largest absolute Gasteiger partial charge is 0.329 e. The maximum atomic E-state index is 13.5. The zero-order chi connectivity index (χ0) is 25.2. The minimum Gasteiger partial charge on any atom is -0.329 e. The molecule has 36 heavy (non-hydrogen) atoms. The third-order valence-corrected chi connectivity index (χ3v) is 6.61. The van der Waals surface area contributed by atoms with Gasteiger partial charge in [0, 0.05) is 25.5 Å². The van der Waals surface area contributed by atoms with E-state index in [0.29, 0.717) is 38.0 Å². The third kappa shape index (κ3) is 4.53. The highest BCUT2D eigenvalue weighted by Gasteiger charge is 2.17. The highest BCUT2D eigenvalue weighted by molar-refractivity contribution is 7.99. The van der Waals surface area contributed by atoms with E-state index in [2.05, 4.69) is 9.97 Å². The zero-order valence-corrected chi connectivity index (χ0v) is 19.7. The van der Waals surface area contributed by atoms with Crippen molar-refractivity contribution in [3.63, 3.8) is 0 Å². The summed E-state index contributed by atoms with van der Waals surface area (Å²) in [7, 11) is 1.81. The highest BCUT2D eigenvalue weighted by Crippen LogP contribution is 2.34. The Morgan fingerprint density at radius 1 is 1.06 bits per heavy atom. The van der Waals surface area contributed by atoms with E-state index in [4.69, 9.17) is 0 Å². The summed E-state index contributed by atoms with van der Waals surface area (Å²) in [6, 6.07) is 17.4. The second kappa shape index (κ2) is 9.59. The highest BCUT2D eigenvalue weighted by atomic mass is 32.2. The Hall–Kier alpha value is -4.57. The molecule has 5 aromatic rings. The molecule has 0 unspecified atom stereocenters. The smallest absolute Gasteiger partial charge is 0.283 e. The van der Waals surface area contributed by atoms with Gasteiger partial charge in [0.1, 0.15) is 11.6 Å². The summed E-state index contributed by atoms with van der Waals surface area (Å²) in [5, 5.41) is 12.8. The maximum Gasteiger partial charge on any atom is 0.283 e. The van der Waals surface area contributed by atoms with Crippen molar-refractivity contribution in [2.75, 3.05) is 0 Å². The lowest BCUT2D eigenvalue weighted by Gasteiger charge is -2.11. The van der Waals surface area contributed by atoms with Crippen LogP contribution in [0.3, 0.4) is 0 Å². The SMILES string of the molecule is Cn1ccnc1Sc1ccc(/C=C/c2nc3ccccc3c(=O)n2-c2ccc(F)cc2)cc1[N+](=O)[O-]. The number of imidazole rings is 1. The molecule has 178 valence electrons. The number of fused-ring (bicyclic) bond motifs is 1. The predicted octanol–water partition coefficient (Wildman–Crippen LogP) is 5.49. The van der Waals surface area contributed by atoms with Crippen LogP contribution in [0.15, 0.2) is 94.0 Å². The van der Waals surface area contributed by atoms with E-state index in [9.17, 15) is 19.3 Å². The van der Waals surface area contributed by atoms with E-state index in [1.54, 1.807) is 65.5 Å². The van der Waals surface area contributed by atoms with Gasteiger partial charge in [-0.1, -0.05) is 24.3 Å². The van der Waals surface area contributed by atoms with Crippen LogP contribution in [0.2, 0.25) is 0 Å². The van der Waals surface area contributed by atoms with Crippen LogP contribution in [-0.2, 0) is 7.05 Å². The van der Waals surface area contributed by atoms with Crippen LogP contribution < -0.4 is 5.56 Å². The number of aromatic nitrogens is 4. The predicted molar refractivity (Wildman–Crippen MR) is 137 cm³/mol. The van der Waals surface area contributed by atoms with Gasteiger partial charge in [-0.25, -0.2) is 14.4 Å². The van der Waals surface area contributed by atoms with E-state index >= 15 is 0 Å². The monoisotopic (exact) mass is 499 g/mol.